The van der Waals surface area contributed by atoms with Gasteiger partial charge in [0.15, 0.2) is 10.9 Å². The molecule has 8 heteroatoms. The van der Waals surface area contributed by atoms with Crippen LogP contribution in [0.25, 0.3) is 21.7 Å². The van der Waals surface area contributed by atoms with Crippen LogP contribution in [0.5, 0.6) is 0 Å². The van der Waals surface area contributed by atoms with Crippen LogP contribution < -0.4 is 5.56 Å². The SMILES string of the molecule is Cn1c(SCc2cc(-c3ccco3)on2)nc2sc3c(c2c1=O)CCCC3. The fourth-order valence-electron chi connectivity index (χ4n) is 3.45. The summed E-state index contributed by atoms with van der Waals surface area (Å²) in [6, 6.07) is 5.49. The molecule has 5 rings (SSSR count). The number of thiophene rings is 1. The summed E-state index contributed by atoms with van der Waals surface area (Å²) in [5.41, 5.74) is 2.06. The molecule has 1 aliphatic rings. The first kappa shape index (κ1) is 16.8. The molecule has 4 aromatic heterocycles. The quantitative estimate of drug-likeness (QED) is 0.374. The Labute approximate surface area is 163 Å². The summed E-state index contributed by atoms with van der Waals surface area (Å²) in [7, 11) is 1.79. The van der Waals surface area contributed by atoms with Crippen LogP contribution in [-0.4, -0.2) is 14.7 Å². The fraction of sp³-hybridized carbons (Fsp3) is 0.316. The summed E-state index contributed by atoms with van der Waals surface area (Å²) in [5.74, 6) is 1.81. The minimum atomic E-state index is 0.0540. The van der Waals surface area contributed by atoms with Crippen molar-refractivity contribution in [3.8, 4) is 11.5 Å². The zero-order chi connectivity index (χ0) is 18.4. The van der Waals surface area contributed by atoms with Crippen molar-refractivity contribution >= 4 is 33.3 Å². The van der Waals surface area contributed by atoms with Crippen molar-refractivity contribution in [2.45, 2.75) is 36.6 Å². The van der Waals surface area contributed by atoms with Crippen molar-refractivity contribution in [3.63, 3.8) is 0 Å². The Morgan fingerprint density at radius 3 is 3.04 bits per heavy atom. The Kier molecular flexibility index (Phi) is 4.17. The van der Waals surface area contributed by atoms with E-state index in [0.29, 0.717) is 22.4 Å². The lowest BCUT2D eigenvalue weighted by Gasteiger charge is -2.10. The number of fused-ring (bicyclic) bond motifs is 3. The van der Waals surface area contributed by atoms with E-state index in [9.17, 15) is 4.79 Å². The summed E-state index contributed by atoms with van der Waals surface area (Å²) in [6.45, 7) is 0. The molecule has 4 aromatic rings. The van der Waals surface area contributed by atoms with Crippen LogP contribution >= 0.6 is 23.1 Å². The monoisotopic (exact) mass is 399 g/mol. The van der Waals surface area contributed by atoms with Crippen molar-refractivity contribution in [1.82, 2.24) is 14.7 Å². The Morgan fingerprint density at radius 1 is 1.30 bits per heavy atom. The predicted molar refractivity (Wildman–Crippen MR) is 105 cm³/mol. The first-order valence-electron chi connectivity index (χ1n) is 8.84. The smallest absolute Gasteiger partial charge is 0.262 e. The average Bonchev–Trinajstić information content (AvgIpc) is 3.42. The van der Waals surface area contributed by atoms with Crippen molar-refractivity contribution in [2.24, 2.45) is 7.05 Å². The zero-order valence-electron chi connectivity index (χ0n) is 14.7. The van der Waals surface area contributed by atoms with Crippen molar-refractivity contribution in [2.75, 3.05) is 0 Å². The highest BCUT2D eigenvalue weighted by molar-refractivity contribution is 7.98. The molecule has 0 atom stereocenters. The number of nitrogens with zero attached hydrogens (tertiary/aromatic N) is 3. The fourth-order valence-corrected chi connectivity index (χ4v) is 5.60. The largest absolute Gasteiger partial charge is 0.461 e. The lowest BCUT2D eigenvalue weighted by molar-refractivity contribution is 0.413. The molecule has 0 N–H and O–H groups in total. The van der Waals surface area contributed by atoms with Crippen molar-refractivity contribution in [1.29, 1.82) is 0 Å². The first-order valence-corrected chi connectivity index (χ1v) is 10.6. The molecule has 0 spiro atoms. The molecule has 0 bridgehead atoms. The van der Waals surface area contributed by atoms with E-state index in [-0.39, 0.29) is 5.56 Å². The van der Waals surface area contributed by atoms with Gasteiger partial charge in [0, 0.05) is 23.7 Å². The van der Waals surface area contributed by atoms with Gasteiger partial charge in [-0.2, -0.15) is 0 Å². The van der Waals surface area contributed by atoms with Crippen molar-refractivity contribution in [3.05, 3.63) is 51.0 Å². The second kappa shape index (κ2) is 6.69. The topological polar surface area (TPSA) is 74.1 Å². The Hall–Kier alpha value is -2.32. The van der Waals surface area contributed by atoms with E-state index in [1.807, 2.05) is 18.2 Å². The molecule has 138 valence electrons. The van der Waals surface area contributed by atoms with Gasteiger partial charge in [0.2, 0.25) is 5.76 Å². The summed E-state index contributed by atoms with van der Waals surface area (Å²) >= 11 is 3.17. The summed E-state index contributed by atoms with van der Waals surface area (Å²) in [5, 5.41) is 5.61. The average molecular weight is 399 g/mol. The van der Waals surface area contributed by atoms with E-state index in [1.54, 1.807) is 29.2 Å². The molecule has 1 aliphatic carbocycles. The van der Waals surface area contributed by atoms with Crippen LogP contribution in [0.1, 0.15) is 29.0 Å². The molecule has 0 saturated heterocycles. The molecule has 0 aromatic carbocycles. The Bertz CT molecular complexity index is 1170. The van der Waals surface area contributed by atoms with Gasteiger partial charge in [0.1, 0.15) is 4.83 Å². The molecule has 6 nitrogen and oxygen atoms in total. The lowest BCUT2D eigenvalue weighted by atomic mass is 9.97. The highest BCUT2D eigenvalue weighted by atomic mass is 32.2. The van der Waals surface area contributed by atoms with Gasteiger partial charge in [0.25, 0.3) is 5.56 Å². The van der Waals surface area contributed by atoms with Gasteiger partial charge in [-0.25, -0.2) is 4.98 Å². The molecule has 0 radical (unpaired) electrons. The number of rotatable bonds is 4. The van der Waals surface area contributed by atoms with E-state index >= 15 is 0 Å². The molecule has 0 amide bonds. The predicted octanol–water partition coefficient (Wildman–Crippen LogP) is 4.41. The van der Waals surface area contributed by atoms with E-state index in [4.69, 9.17) is 13.9 Å². The number of aryl methyl sites for hydroxylation is 2. The van der Waals surface area contributed by atoms with Crippen LogP contribution in [0.15, 0.2) is 43.4 Å². The molecular weight excluding hydrogens is 382 g/mol. The maximum absolute atomic E-state index is 12.9. The maximum Gasteiger partial charge on any atom is 0.262 e. The summed E-state index contributed by atoms with van der Waals surface area (Å²) < 4.78 is 12.3. The summed E-state index contributed by atoms with van der Waals surface area (Å²) in [4.78, 5) is 19.9. The van der Waals surface area contributed by atoms with Crippen molar-refractivity contribution < 1.29 is 8.94 Å². The van der Waals surface area contributed by atoms with Crippen LogP contribution in [-0.2, 0) is 25.6 Å². The van der Waals surface area contributed by atoms with E-state index in [2.05, 4.69) is 5.16 Å². The normalized spacial score (nSPS) is 14.0. The molecule has 4 heterocycles. The number of aromatic nitrogens is 3. The second-order valence-electron chi connectivity index (χ2n) is 6.60. The molecule has 27 heavy (non-hydrogen) atoms. The van der Waals surface area contributed by atoms with Gasteiger partial charge in [-0.15, -0.1) is 11.3 Å². The molecule has 0 aliphatic heterocycles. The van der Waals surface area contributed by atoms with E-state index < -0.39 is 0 Å². The third-order valence-electron chi connectivity index (χ3n) is 4.83. The van der Waals surface area contributed by atoms with Crippen LogP contribution in [0.2, 0.25) is 0 Å². The van der Waals surface area contributed by atoms with E-state index in [1.165, 1.54) is 28.6 Å². The number of thioether (sulfide) groups is 1. The van der Waals surface area contributed by atoms with Crippen LogP contribution in [0, 0.1) is 0 Å². The standard InChI is InChI=1S/C19H17N3O3S2/c1-22-18(23)16-12-5-2-3-7-15(12)27-17(16)20-19(22)26-10-11-9-14(25-21-11)13-6-4-8-24-13/h4,6,8-9H,2-3,5,7,10H2,1H3. The van der Waals surface area contributed by atoms with E-state index in [0.717, 1.165) is 35.2 Å². The Balaban J connectivity index is 1.44. The lowest BCUT2D eigenvalue weighted by Crippen LogP contribution is -2.20. The number of hydrogen-bond acceptors (Lipinski definition) is 7. The third-order valence-corrected chi connectivity index (χ3v) is 7.08. The minimum absolute atomic E-state index is 0.0540. The highest BCUT2D eigenvalue weighted by Gasteiger charge is 2.21. The minimum Gasteiger partial charge on any atom is -0.461 e. The van der Waals surface area contributed by atoms with Gasteiger partial charge >= 0.3 is 0 Å². The molecular formula is C19H17N3O3S2. The second-order valence-corrected chi connectivity index (χ2v) is 8.62. The number of furan rings is 1. The number of hydrogen-bond donors (Lipinski definition) is 0. The Morgan fingerprint density at radius 2 is 2.19 bits per heavy atom. The molecule has 0 fully saturated rings. The van der Waals surface area contributed by atoms with Crippen LogP contribution in [0.3, 0.4) is 0 Å². The van der Waals surface area contributed by atoms with Gasteiger partial charge in [-0.1, -0.05) is 16.9 Å². The van der Waals surface area contributed by atoms with Gasteiger partial charge in [-0.3, -0.25) is 9.36 Å². The van der Waals surface area contributed by atoms with Gasteiger partial charge in [0.05, 0.1) is 17.3 Å². The van der Waals surface area contributed by atoms with Gasteiger partial charge < -0.3 is 8.94 Å². The molecule has 0 saturated carbocycles. The molecule has 0 unspecified atom stereocenters. The van der Waals surface area contributed by atoms with Crippen LogP contribution in [0.4, 0.5) is 0 Å². The van der Waals surface area contributed by atoms with Gasteiger partial charge in [-0.05, 0) is 43.4 Å². The maximum atomic E-state index is 12.9. The highest BCUT2D eigenvalue weighted by Crippen LogP contribution is 2.35. The third kappa shape index (κ3) is 2.93. The summed E-state index contributed by atoms with van der Waals surface area (Å²) in [6.07, 6.45) is 6.01. The first-order chi connectivity index (χ1) is 13.2. The zero-order valence-corrected chi connectivity index (χ0v) is 16.4.